The van der Waals surface area contributed by atoms with Gasteiger partial charge >= 0.3 is 0 Å². The summed E-state index contributed by atoms with van der Waals surface area (Å²) in [7, 11) is 0. The highest BCUT2D eigenvalue weighted by Crippen LogP contribution is 2.22. The molecule has 1 aliphatic rings. The normalized spacial score (nSPS) is 21.6. The molecule has 2 rings (SSSR count). The molecule has 0 bridgehead atoms. The largest absolute Gasteiger partial charge is 0.330 e. The number of halogens is 2. The number of hydrogen-bond acceptors (Lipinski definition) is 2. The first-order valence-electron chi connectivity index (χ1n) is 5.55. The van der Waals surface area contributed by atoms with E-state index in [-0.39, 0.29) is 0 Å². The van der Waals surface area contributed by atoms with Crippen LogP contribution < -0.4 is 5.73 Å². The molecule has 0 amide bonds. The van der Waals surface area contributed by atoms with E-state index in [2.05, 4.69) is 4.90 Å². The Bertz CT molecular complexity index is 348. The molecule has 1 unspecified atom stereocenters. The third kappa shape index (κ3) is 3.11. The zero-order valence-corrected chi connectivity index (χ0v) is 10.6. The second kappa shape index (κ2) is 5.37. The van der Waals surface area contributed by atoms with Gasteiger partial charge in [-0.2, -0.15) is 0 Å². The highest BCUT2D eigenvalue weighted by atomic mass is 35.5. The molecule has 0 spiro atoms. The standard InChI is InChI=1S/C12H16Cl2N2/c13-11-3-10(4-12(14)5-11)8-16-2-1-9(6-15)7-16/h3-5,9H,1-2,6-8,15H2. The van der Waals surface area contributed by atoms with E-state index in [4.69, 9.17) is 28.9 Å². The molecule has 1 heterocycles. The van der Waals surface area contributed by atoms with Gasteiger partial charge in [0.1, 0.15) is 0 Å². The van der Waals surface area contributed by atoms with Crippen molar-refractivity contribution < 1.29 is 0 Å². The Morgan fingerprint density at radius 3 is 2.50 bits per heavy atom. The van der Waals surface area contributed by atoms with Crippen LogP contribution in [0.15, 0.2) is 18.2 Å². The van der Waals surface area contributed by atoms with Gasteiger partial charge in [0.15, 0.2) is 0 Å². The minimum absolute atomic E-state index is 0.648. The summed E-state index contributed by atoms with van der Waals surface area (Å²) < 4.78 is 0. The molecule has 1 fully saturated rings. The molecular weight excluding hydrogens is 243 g/mol. The Morgan fingerprint density at radius 1 is 1.25 bits per heavy atom. The van der Waals surface area contributed by atoms with Crippen molar-refractivity contribution in [2.75, 3.05) is 19.6 Å². The van der Waals surface area contributed by atoms with Gasteiger partial charge in [-0.15, -0.1) is 0 Å². The molecule has 88 valence electrons. The fourth-order valence-corrected chi connectivity index (χ4v) is 2.78. The smallest absolute Gasteiger partial charge is 0.0424 e. The Morgan fingerprint density at radius 2 is 1.94 bits per heavy atom. The molecule has 1 aromatic carbocycles. The zero-order chi connectivity index (χ0) is 11.5. The van der Waals surface area contributed by atoms with Crippen LogP contribution in [0.1, 0.15) is 12.0 Å². The van der Waals surface area contributed by atoms with Crippen LogP contribution in [0.25, 0.3) is 0 Å². The van der Waals surface area contributed by atoms with Crippen LogP contribution in [0.4, 0.5) is 0 Å². The molecule has 0 aromatic heterocycles. The lowest BCUT2D eigenvalue weighted by molar-refractivity contribution is 0.318. The van der Waals surface area contributed by atoms with Crippen LogP contribution in [-0.4, -0.2) is 24.5 Å². The minimum atomic E-state index is 0.648. The molecule has 1 atom stereocenters. The number of likely N-dealkylation sites (tertiary alicyclic amines) is 1. The van der Waals surface area contributed by atoms with Crippen molar-refractivity contribution in [2.24, 2.45) is 11.7 Å². The van der Waals surface area contributed by atoms with Crippen molar-refractivity contribution in [1.82, 2.24) is 4.90 Å². The van der Waals surface area contributed by atoms with Crippen molar-refractivity contribution in [3.05, 3.63) is 33.8 Å². The van der Waals surface area contributed by atoms with Crippen molar-refractivity contribution in [3.63, 3.8) is 0 Å². The van der Waals surface area contributed by atoms with Crippen molar-refractivity contribution >= 4 is 23.2 Å². The lowest BCUT2D eigenvalue weighted by atomic mass is 10.1. The van der Waals surface area contributed by atoms with Gasteiger partial charge in [0.25, 0.3) is 0 Å². The van der Waals surface area contributed by atoms with Gasteiger partial charge < -0.3 is 5.73 Å². The number of nitrogens with zero attached hydrogens (tertiary/aromatic N) is 1. The van der Waals surface area contributed by atoms with E-state index < -0.39 is 0 Å². The lowest BCUT2D eigenvalue weighted by Gasteiger charge is -2.16. The van der Waals surface area contributed by atoms with E-state index in [1.165, 1.54) is 12.0 Å². The molecule has 1 aromatic rings. The number of nitrogens with two attached hydrogens (primary N) is 1. The van der Waals surface area contributed by atoms with Gasteiger partial charge in [-0.3, -0.25) is 4.90 Å². The average Bonchev–Trinajstić information content (AvgIpc) is 2.64. The Kier molecular flexibility index (Phi) is 4.09. The summed E-state index contributed by atoms with van der Waals surface area (Å²) in [5, 5.41) is 1.41. The van der Waals surface area contributed by atoms with E-state index >= 15 is 0 Å². The quantitative estimate of drug-likeness (QED) is 0.904. The molecule has 1 saturated heterocycles. The van der Waals surface area contributed by atoms with Crippen LogP contribution in [-0.2, 0) is 6.54 Å². The third-order valence-corrected chi connectivity index (χ3v) is 3.47. The monoisotopic (exact) mass is 258 g/mol. The zero-order valence-electron chi connectivity index (χ0n) is 9.13. The average molecular weight is 259 g/mol. The topological polar surface area (TPSA) is 29.3 Å². The third-order valence-electron chi connectivity index (χ3n) is 3.03. The number of rotatable bonds is 3. The van der Waals surface area contributed by atoms with Gasteiger partial charge in [0.05, 0.1) is 0 Å². The molecular formula is C12H16Cl2N2. The van der Waals surface area contributed by atoms with E-state index in [1.807, 2.05) is 12.1 Å². The molecule has 16 heavy (non-hydrogen) atoms. The Balaban J connectivity index is 1.99. The summed E-state index contributed by atoms with van der Waals surface area (Å²) in [5.74, 6) is 0.648. The fraction of sp³-hybridized carbons (Fsp3) is 0.500. The molecule has 4 heteroatoms. The van der Waals surface area contributed by atoms with Crippen LogP contribution in [0.5, 0.6) is 0 Å². The molecule has 0 aliphatic carbocycles. The molecule has 0 saturated carbocycles. The van der Waals surface area contributed by atoms with Gasteiger partial charge in [0.2, 0.25) is 0 Å². The van der Waals surface area contributed by atoms with Crippen LogP contribution in [0.2, 0.25) is 10.0 Å². The number of hydrogen-bond donors (Lipinski definition) is 1. The van der Waals surface area contributed by atoms with E-state index in [9.17, 15) is 0 Å². The highest BCUT2D eigenvalue weighted by molar-refractivity contribution is 6.34. The summed E-state index contributed by atoms with van der Waals surface area (Å²) >= 11 is 11.9. The van der Waals surface area contributed by atoms with E-state index in [0.717, 1.165) is 26.2 Å². The van der Waals surface area contributed by atoms with E-state index in [1.54, 1.807) is 6.07 Å². The Labute approximate surface area is 106 Å². The van der Waals surface area contributed by atoms with E-state index in [0.29, 0.717) is 16.0 Å². The molecule has 2 N–H and O–H groups in total. The second-order valence-corrected chi connectivity index (χ2v) is 5.28. The van der Waals surface area contributed by atoms with Crippen LogP contribution >= 0.6 is 23.2 Å². The number of benzene rings is 1. The van der Waals surface area contributed by atoms with Crippen LogP contribution in [0.3, 0.4) is 0 Å². The first kappa shape index (κ1) is 12.2. The summed E-state index contributed by atoms with van der Waals surface area (Å²) in [4.78, 5) is 2.40. The predicted octanol–water partition coefficient (Wildman–Crippen LogP) is 2.77. The molecule has 0 radical (unpaired) electrons. The summed E-state index contributed by atoms with van der Waals surface area (Å²) in [6, 6.07) is 5.71. The summed E-state index contributed by atoms with van der Waals surface area (Å²) in [5.41, 5.74) is 6.84. The SMILES string of the molecule is NCC1CCN(Cc2cc(Cl)cc(Cl)c2)C1. The van der Waals surface area contributed by atoms with Gasteiger partial charge in [-0.05, 0) is 49.2 Å². The van der Waals surface area contributed by atoms with Crippen molar-refractivity contribution in [3.8, 4) is 0 Å². The molecule has 2 nitrogen and oxygen atoms in total. The maximum absolute atomic E-state index is 5.97. The minimum Gasteiger partial charge on any atom is -0.330 e. The first-order chi connectivity index (χ1) is 7.67. The van der Waals surface area contributed by atoms with Gasteiger partial charge in [-0.25, -0.2) is 0 Å². The summed E-state index contributed by atoms with van der Waals surface area (Å²) in [6.07, 6.45) is 1.20. The van der Waals surface area contributed by atoms with Gasteiger partial charge in [0, 0.05) is 23.1 Å². The molecule has 1 aliphatic heterocycles. The highest BCUT2D eigenvalue weighted by Gasteiger charge is 2.21. The summed E-state index contributed by atoms with van der Waals surface area (Å²) in [6.45, 7) is 3.90. The fourth-order valence-electron chi connectivity index (χ4n) is 2.21. The first-order valence-corrected chi connectivity index (χ1v) is 6.30. The lowest BCUT2D eigenvalue weighted by Crippen LogP contribution is -2.22. The van der Waals surface area contributed by atoms with Gasteiger partial charge in [-0.1, -0.05) is 23.2 Å². The van der Waals surface area contributed by atoms with Crippen molar-refractivity contribution in [1.29, 1.82) is 0 Å². The second-order valence-electron chi connectivity index (χ2n) is 4.40. The van der Waals surface area contributed by atoms with Crippen LogP contribution in [0, 0.1) is 5.92 Å². The predicted molar refractivity (Wildman–Crippen MR) is 68.9 cm³/mol. The maximum atomic E-state index is 5.97. The van der Waals surface area contributed by atoms with Crippen molar-refractivity contribution in [2.45, 2.75) is 13.0 Å². The maximum Gasteiger partial charge on any atom is 0.0424 e. The Hall–Kier alpha value is -0.280.